The fourth-order valence-electron chi connectivity index (χ4n) is 2.80. The van der Waals surface area contributed by atoms with Gasteiger partial charge in [-0.1, -0.05) is 17.7 Å². The monoisotopic (exact) mass is 426 g/mol. The number of nitrogens with one attached hydrogen (secondary N) is 1. The van der Waals surface area contributed by atoms with Crippen molar-refractivity contribution in [1.82, 2.24) is 9.62 Å². The molecule has 0 bridgehead atoms. The van der Waals surface area contributed by atoms with Gasteiger partial charge in [0.2, 0.25) is 5.96 Å². The lowest BCUT2D eigenvalue weighted by atomic mass is 10.2. The highest BCUT2D eigenvalue weighted by molar-refractivity contribution is 7.90. The molecule has 0 aliphatic carbocycles. The molecule has 160 valence electrons. The van der Waals surface area contributed by atoms with Crippen molar-refractivity contribution in [2.45, 2.75) is 56.7 Å². The number of carboxylic acids is 1. The molecule has 0 radical (unpaired) electrons. The number of aryl methyl sites for hydroxylation is 1. The molecular formula is C18H26N4O6S. The van der Waals surface area contributed by atoms with Crippen LogP contribution in [0.1, 0.15) is 32.8 Å². The number of likely N-dealkylation sites (tertiary alicyclic amines) is 1. The molecule has 10 nitrogen and oxygen atoms in total. The molecule has 1 aliphatic rings. The van der Waals surface area contributed by atoms with E-state index in [1.54, 1.807) is 32.9 Å². The van der Waals surface area contributed by atoms with E-state index >= 15 is 0 Å². The van der Waals surface area contributed by atoms with Gasteiger partial charge in [0.15, 0.2) is 0 Å². The van der Waals surface area contributed by atoms with E-state index in [0.717, 1.165) is 10.5 Å². The van der Waals surface area contributed by atoms with Crippen molar-refractivity contribution < 1.29 is 27.9 Å². The van der Waals surface area contributed by atoms with Gasteiger partial charge in [-0.05, 0) is 39.8 Å². The van der Waals surface area contributed by atoms with Crippen LogP contribution >= 0.6 is 0 Å². The number of hydrogen-bond donors (Lipinski definition) is 3. The van der Waals surface area contributed by atoms with E-state index in [2.05, 4.69) is 9.71 Å². The molecule has 1 saturated heterocycles. The maximum atomic E-state index is 12.4. The summed E-state index contributed by atoms with van der Waals surface area (Å²) in [6.07, 6.45) is -0.789. The number of aliphatic carboxylic acids is 1. The number of hydrogen-bond acceptors (Lipinski definition) is 6. The van der Waals surface area contributed by atoms with Gasteiger partial charge in [-0.2, -0.15) is 0 Å². The van der Waals surface area contributed by atoms with E-state index < -0.39 is 39.8 Å². The lowest BCUT2D eigenvalue weighted by molar-refractivity contribution is -0.142. The van der Waals surface area contributed by atoms with E-state index in [-0.39, 0.29) is 23.8 Å². The average Bonchev–Trinajstić information content (AvgIpc) is 2.97. The fourth-order valence-corrected chi connectivity index (χ4v) is 3.74. The lowest BCUT2D eigenvalue weighted by Crippen LogP contribution is -2.43. The number of benzene rings is 1. The molecule has 29 heavy (non-hydrogen) atoms. The Bertz CT molecular complexity index is 905. The van der Waals surface area contributed by atoms with Gasteiger partial charge in [0.25, 0.3) is 10.0 Å². The number of sulfonamides is 1. The van der Waals surface area contributed by atoms with Crippen LogP contribution in [0.4, 0.5) is 4.79 Å². The van der Waals surface area contributed by atoms with Crippen molar-refractivity contribution >= 4 is 28.0 Å². The van der Waals surface area contributed by atoms with Crippen LogP contribution in [0.2, 0.25) is 0 Å². The molecule has 1 fully saturated rings. The first-order valence-corrected chi connectivity index (χ1v) is 10.4. The topological polar surface area (TPSA) is 151 Å². The molecule has 1 aromatic rings. The summed E-state index contributed by atoms with van der Waals surface area (Å²) < 4.78 is 32.2. The SMILES string of the molecule is Cc1ccc(S(=O)(=O)NC(N)=N[C@H]2C[C@@H](C(=O)O)N(C(=O)OC(C)(C)C)C2)cc1. The van der Waals surface area contributed by atoms with Gasteiger partial charge in [0.1, 0.15) is 11.6 Å². The van der Waals surface area contributed by atoms with Crippen LogP contribution in [0, 0.1) is 6.92 Å². The maximum absolute atomic E-state index is 12.4. The summed E-state index contributed by atoms with van der Waals surface area (Å²) in [6, 6.07) is 4.34. The Morgan fingerprint density at radius 1 is 1.28 bits per heavy atom. The van der Waals surface area contributed by atoms with Gasteiger partial charge in [-0.15, -0.1) is 0 Å². The van der Waals surface area contributed by atoms with E-state index in [0.29, 0.717) is 0 Å². The molecule has 11 heteroatoms. The number of amides is 1. The van der Waals surface area contributed by atoms with Gasteiger partial charge in [-0.25, -0.2) is 27.7 Å². The second kappa shape index (κ2) is 8.27. The van der Waals surface area contributed by atoms with Gasteiger partial charge in [0.05, 0.1) is 10.9 Å². The summed E-state index contributed by atoms with van der Waals surface area (Å²) in [4.78, 5) is 28.9. The van der Waals surface area contributed by atoms with E-state index in [1.807, 2.05) is 6.92 Å². The van der Waals surface area contributed by atoms with Crippen molar-refractivity contribution in [2.75, 3.05) is 6.54 Å². The summed E-state index contributed by atoms with van der Waals surface area (Å²) >= 11 is 0. The van der Waals surface area contributed by atoms with E-state index in [4.69, 9.17) is 10.5 Å². The van der Waals surface area contributed by atoms with Crippen LogP contribution in [-0.2, 0) is 19.6 Å². The van der Waals surface area contributed by atoms with Crippen LogP contribution in [0.25, 0.3) is 0 Å². The predicted molar refractivity (Wildman–Crippen MR) is 106 cm³/mol. The Hall–Kier alpha value is -2.82. The molecule has 1 aliphatic heterocycles. The maximum Gasteiger partial charge on any atom is 0.411 e. The lowest BCUT2D eigenvalue weighted by Gasteiger charge is -2.26. The fraction of sp³-hybridized carbons (Fsp3) is 0.500. The summed E-state index contributed by atoms with van der Waals surface area (Å²) in [6.45, 7) is 6.78. The van der Waals surface area contributed by atoms with Crippen LogP contribution in [0.15, 0.2) is 34.2 Å². The third-order valence-corrected chi connectivity index (χ3v) is 5.45. The van der Waals surface area contributed by atoms with E-state index in [9.17, 15) is 23.1 Å². The smallest absolute Gasteiger partial charge is 0.411 e. The minimum Gasteiger partial charge on any atom is -0.480 e. The van der Waals surface area contributed by atoms with Crippen LogP contribution in [0.3, 0.4) is 0 Å². The number of nitrogens with two attached hydrogens (primary N) is 1. The van der Waals surface area contributed by atoms with Crippen molar-refractivity contribution in [3.8, 4) is 0 Å². The number of carbonyl (C=O) groups is 2. The number of carbonyl (C=O) groups excluding carboxylic acids is 1. The molecule has 2 rings (SSSR count). The summed E-state index contributed by atoms with van der Waals surface area (Å²) in [5.41, 5.74) is 5.84. The van der Waals surface area contributed by atoms with Crippen LogP contribution < -0.4 is 10.5 Å². The van der Waals surface area contributed by atoms with Crippen LogP contribution in [0.5, 0.6) is 0 Å². The first kappa shape index (κ1) is 22.5. The van der Waals surface area contributed by atoms with Crippen molar-refractivity contribution in [2.24, 2.45) is 10.7 Å². The average molecular weight is 426 g/mol. The number of carboxylic acid groups (broad SMARTS) is 1. The highest BCUT2D eigenvalue weighted by Crippen LogP contribution is 2.23. The third-order valence-electron chi connectivity index (χ3n) is 4.08. The molecule has 0 aromatic heterocycles. The first-order valence-electron chi connectivity index (χ1n) is 8.93. The van der Waals surface area contributed by atoms with Gasteiger partial charge < -0.3 is 15.6 Å². The van der Waals surface area contributed by atoms with Gasteiger partial charge in [-0.3, -0.25) is 4.90 Å². The Kier molecular flexibility index (Phi) is 6.41. The molecule has 0 spiro atoms. The molecule has 1 heterocycles. The van der Waals surface area contributed by atoms with Crippen molar-refractivity contribution in [3.05, 3.63) is 29.8 Å². The molecule has 1 amide bonds. The Balaban J connectivity index is 2.13. The highest BCUT2D eigenvalue weighted by atomic mass is 32.2. The third kappa shape index (κ3) is 6.08. The summed E-state index contributed by atoms with van der Waals surface area (Å²) in [7, 11) is -3.93. The standard InChI is InChI=1S/C18H26N4O6S/c1-11-5-7-13(8-6-11)29(26,27)21-16(19)20-12-9-14(15(23)24)22(10-12)17(25)28-18(2,3)4/h5-8,12,14H,9-10H2,1-4H3,(H,23,24)(H3,19,20,21)/t12-,14-/m0/s1. The molecule has 0 unspecified atom stereocenters. The zero-order valence-corrected chi connectivity index (χ0v) is 17.6. The van der Waals surface area contributed by atoms with Crippen molar-refractivity contribution in [3.63, 3.8) is 0 Å². The number of rotatable bonds is 4. The number of aliphatic imine (C=N–C) groups is 1. The van der Waals surface area contributed by atoms with Crippen LogP contribution in [-0.4, -0.2) is 60.7 Å². The predicted octanol–water partition coefficient (Wildman–Crippen LogP) is 1.05. The second-order valence-corrected chi connectivity index (χ2v) is 9.49. The largest absolute Gasteiger partial charge is 0.480 e. The Morgan fingerprint density at radius 3 is 2.38 bits per heavy atom. The molecular weight excluding hydrogens is 400 g/mol. The molecule has 4 N–H and O–H groups in total. The second-order valence-electron chi connectivity index (χ2n) is 7.81. The summed E-state index contributed by atoms with van der Waals surface area (Å²) in [5.74, 6) is -1.59. The molecule has 0 saturated carbocycles. The van der Waals surface area contributed by atoms with E-state index in [1.165, 1.54) is 12.1 Å². The zero-order chi connectivity index (χ0) is 22.0. The quantitative estimate of drug-likeness (QED) is 0.481. The number of nitrogens with zero attached hydrogens (tertiary/aromatic N) is 2. The van der Waals surface area contributed by atoms with Gasteiger partial charge in [0, 0.05) is 13.0 Å². The first-order chi connectivity index (χ1) is 13.3. The number of guanidine groups is 1. The highest BCUT2D eigenvalue weighted by Gasteiger charge is 2.41. The normalized spacial score (nSPS) is 20.4. The zero-order valence-electron chi connectivity index (χ0n) is 16.7. The van der Waals surface area contributed by atoms with Crippen molar-refractivity contribution in [1.29, 1.82) is 0 Å². The Labute approximate surface area is 169 Å². The Morgan fingerprint density at radius 2 is 1.86 bits per heavy atom. The number of ether oxygens (including phenoxy) is 1. The minimum atomic E-state index is -3.93. The van der Waals surface area contributed by atoms with Gasteiger partial charge >= 0.3 is 12.1 Å². The summed E-state index contributed by atoms with van der Waals surface area (Å²) in [5, 5.41) is 9.40. The molecule has 2 atom stereocenters. The molecule has 1 aromatic carbocycles. The minimum absolute atomic E-state index is 0.0124.